The van der Waals surface area contributed by atoms with Crippen LogP contribution in [0.2, 0.25) is 0 Å². The minimum Gasteiger partial charge on any atom is -0.323 e. The molecule has 4 heteroatoms. The fourth-order valence-electron chi connectivity index (χ4n) is 2.58. The SMILES string of the molecule is CN1Cc2cc(C(Br)C3CCC3)ccc2NC1=O. The van der Waals surface area contributed by atoms with Crippen molar-refractivity contribution in [3.05, 3.63) is 29.3 Å². The number of anilines is 1. The lowest BCUT2D eigenvalue weighted by atomic mass is 9.80. The van der Waals surface area contributed by atoms with Crippen LogP contribution in [0.15, 0.2) is 18.2 Å². The second kappa shape index (κ2) is 4.57. The lowest BCUT2D eigenvalue weighted by Gasteiger charge is -2.32. The molecule has 2 amide bonds. The van der Waals surface area contributed by atoms with E-state index >= 15 is 0 Å². The monoisotopic (exact) mass is 308 g/mol. The lowest BCUT2D eigenvalue weighted by Crippen LogP contribution is -2.35. The highest BCUT2D eigenvalue weighted by atomic mass is 79.9. The summed E-state index contributed by atoms with van der Waals surface area (Å²) in [5, 5.41) is 2.90. The van der Waals surface area contributed by atoms with Gasteiger partial charge >= 0.3 is 6.03 Å². The van der Waals surface area contributed by atoms with E-state index in [4.69, 9.17) is 0 Å². The van der Waals surface area contributed by atoms with Crippen LogP contribution in [0, 0.1) is 5.92 Å². The van der Waals surface area contributed by atoms with Gasteiger partial charge in [-0.25, -0.2) is 4.79 Å². The van der Waals surface area contributed by atoms with Crippen molar-refractivity contribution >= 4 is 27.6 Å². The van der Waals surface area contributed by atoms with Crippen LogP contribution in [0.3, 0.4) is 0 Å². The van der Waals surface area contributed by atoms with Crippen molar-refractivity contribution in [1.82, 2.24) is 4.90 Å². The van der Waals surface area contributed by atoms with E-state index in [1.807, 2.05) is 13.1 Å². The van der Waals surface area contributed by atoms with Crippen LogP contribution in [0.1, 0.15) is 35.2 Å². The molecular weight excluding hydrogens is 292 g/mol. The third kappa shape index (κ3) is 2.03. The maximum Gasteiger partial charge on any atom is 0.321 e. The first-order valence-corrected chi connectivity index (χ1v) is 7.36. The van der Waals surface area contributed by atoms with Gasteiger partial charge in [0.05, 0.1) is 0 Å². The van der Waals surface area contributed by atoms with E-state index in [1.165, 1.54) is 30.4 Å². The highest BCUT2D eigenvalue weighted by molar-refractivity contribution is 9.09. The van der Waals surface area contributed by atoms with Gasteiger partial charge in [0.15, 0.2) is 0 Å². The van der Waals surface area contributed by atoms with Crippen molar-refractivity contribution in [2.24, 2.45) is 5.92 Å². The van der Waals surface area contributed by atoms with Crippen LogP contribution in [0.25, 0.3) is 0 Å². The number of alkyl halides is 1. The lowest BCUT2D eigenvalue weighted by molar-refractivity contribution is 0.218. The molecule has 1 heterocycles. The molecule has 1 fully saturated rings. The molecule has 96 valence electrons. The summed E-state index contributed by atoms with van der Waals surface area (Å²) in [6.45, 7) is 0.694. The average molecular weight is 309 g/mol. The van der Waals surface area contributed by atoms with Gasteiger partial charge in [0, 0.05) is 24.1 Å². The summed E-state index contributed by atoms with van der Waals surface area (Å²) in [7, 11) is 1.82. The van der Waals surface area contributed by atoms with Crippen LogP contribution in [-0.2, 0) is 6.54 Å². The van der Waals surface area contributed by atoms with E-state index in [1.54, 1.807) is 4.90 Å². The Labute approximate surface area is 116 Å². The molecule has 3 rings (SSSR count). The fraction of sp³-hybridized carbons (Fsp3) is 0.500. The molecule has 1 aromatic rings. The van der Waals surface area contributed by atoms with E-state index < -0.39 is 0 Å². The van der Waals surface area contributed by atoms with Crippen LogP contribution in [-0.4, -0.2) is 18.0 Å². The van der Waals surface area contributed by atoms with Crippen molar-refractivity contribution in [3.8, 4) is 0 Å². The number of carbonyl (C=O) groups excluding carboxylic acids is 1. The largest absolute Gasteiger partial charge is 0.323 e. The number of nitrogens with one attached hydrogen (secondary N) is 1. The Bertz CT molecular complexity index is 485. The number of hydrogen-bond donors (Lipinski definition) is 1. The van der Waals surface area contributed by atoms with E-state index in [0.717, 1.165) is 11.6 Å². The van der Waals surface area contributed by atoms with Gasteiger partial charge in [-0.05, 0) is 36.0 Å². The molecule has 1 unspecified atom stereocenters. The number of halogens is 1. The first-order valence-electron chi connectivity index (χ1n) is 6.44. The number of amides is 2. The highest BCUT2D eigenvalue weighted by Crippen LogP contribution is 2.43. The van der Waals surface area contributed by atoms with Crippen molar-refractivity contribution < 1.29 is 4.79 Å². The van der Waals surface area contributed by atoms with Gasteiger partial charge in [0.25, 0.3) is 0 Å². The summed E-state index contributed by atoms with van der Waals surface area (Å²) in [5.74, 6) is 0.777. The minimum atomic E-state index is -0.0235. The van der Waals surface area contributed by atoms with Crippen LogP contribution in [0.5, 0.6) is 0 Å². The number of rotatable bonds is 2. The Morgan fingerprint density at radius 1 is 1.44 bits per heavy atom. The van der Waals surface area contributed by atoms with E-state index in [-0.39, 0.29) is 6.03 Å². The molecule has 1 saturated carbocycles. The molecular formula is C14H17BrN2O. The number of benzene rings is 1. The van der Waals surface area contributed by atoms with E-state index in [9.17, 15) is 4.79 Å². The summed E-state index contributed by atoms with van der Waals surface area (Å²) < 4.78 is 0. The molecule has 2 aliphatic rings. The number of carbonyl (C=O) groups is 1. The van der Waals surface area contributed by atoms with Gasteiger partial charge in [0.1, 0.15) is 0 Å². The predicted octanol–water partition coefficient (Wildman–Crippen LogP) is 3.90. The van der Waals surface area contributed by atoms with Crippen molar-refractivity contribution in [2.75, 3.05) is 12.4 Å². The molecule has 0 radical (unpaired) electrons. The predicted molar refractivity (Wildman–Crippen MR) is 75.9 cm³/mol. The molecule has 3 nitrogen and oxygen atoms in total. The zero-order valence-electron chi connectivity index (χ0n) is 10.4. The van der Waals surface area contributed by atoms with Crippen molar-refractivity contribution in [1.29, 1.82) is 0 Å². The second-order valence-corrected chi connectivity index (χ2v) is 6.28. The molecule has 0 spiro atoms. The summed E-state index contributed by atoms with van der Waals surface area (Å²) in [5.41, 5.74) is 3.50. The van der Waals surface area contributed by atoms with Gasteiger partial charge in [-0.15, -0.1) is 0 Å². The van der Waals surface area contributed by atoms with Gasteiger partial charge in [-0.2, -0.15) is 0 Å². The van der Waals surface area contributed by atoms with Crippen molar-refractivity contribution in [3.63, 3.8) is 0 Å². The molecule has 0 saturated heterocycles. The van der Waals surface area contributed by atoms with Gasteiger partial charge in [0.2, 0.25) is 0 Å². The maximum atomic E-state index is 11.5. The fourth-order valence-corrected chi connectivity index (χ4v) is 3.39. The number of urea groups is 1. The Morgan fingerprint density at radius 3 is 2.89 bits per heavy atom. The minimum absolute atomic E-state index is 0.0235. The average Bonchev–Trinajstić information content (AvgIpc) is 2.27. The van der Waals surface area contributed by atoms with Gasteiger partial charge in [-0.3, -0.25) is 0 Å². The number of fused-ring (bicyclic) bond motifs is 1. The second-order valence-electron chi connectivity index (χ2n) is 5.30. The maximum absolute atomic E-state index is 11.5. The zero-order valence-corrected chi connectivity index (χ0v) is 12.0. The summed E-state index contributed by atoms with van der Waals surface area (Å²) in [6, 6.07) is 6.36. The third-order valence-corrected chi connectivity index (χ3v) is 5.28. The topological polar surface area (TPSA) is 32.3 Å². The Balaban J connectivity index is 1.86. The molecule has 1 aliphatic heterocycles. The molecule has 1 aromatic carbocycles. The molecule has 1 N–H and O–H groups in total. The van der Waals surface area contributed by atoms with E-state index in [2.05, 4.69) is 33.4 Å². The number of nitrogens with zero attached hydrogens (tertiary/aromatic N) is 1. The quantitative estimate of drug-likeness (QED) is 0.826. The molecule has 18 heavy (non-hydrogen) atoms. The zero-order chi connectivity index (χ0) is 12.7. The third-order valence-electron chi connectivity index (χ3n) is 4.01. The van der Waals surface area contributed by atoms with Gasteiger partial charge in [-0.1, -0.05) is 34.5 Å². The Kier molecular flexibility index (Phi) is 3.06. The molecule has 1 atom stereocenters. The first-order chi connectivity index (χ1) is 8.65. The normalized spacial score (nSPS) is 21.0. The standard InChI is InChI=1S/C14H17BrN2O/c1-17-8-11-7-10(13(15)9-3-2-4-9)5-6-12(11)16-14(17)18/h5-7,9,13H,2-4,8H2,1H3,(H,16,18). The van der Waals surface area contributed by atoms with Gasteiger partial charge < -0.3 is 10.2 Å². The number of hydrogen-bond acceptors (Lipinski definition) is 1. The smallest absolute Gasteiger partial charge is 0.321 e. The summed E-state index contributed by atoms with van der Waals surface area (Å²) >= 11 is 3.82. The van der Waals surface area contributed by atoms with Crippen LogP contribution in [0.4, 0.5) is 10.5 Å². The first kappa shape index (κ1) is 12.0. The van der Waals surface area contributed by atoms with E-state index in [0.29, 0.717) is 11.4 Å². The van der Waals surface area contributed by atoms with Crippen molar-refractivity contribution in [2.45, 2.75) is 30.6 Å². The molecule has 1 aliphatic carbocycles. The highest BCUT2D eigenvalue weighted by Gasteiger charge is 2.27. The Morgan fingerprint density at radius 2 is 2.22 bits per heavy atom. The molecule has 0 aromatic heterocycles. The summed E-state index contributed by atoms with van der Waals surface area (Å²) in [4.78, 5) is 13.7. The van der Waals surface area contributed by atoms with Crippen LogP contribution < -0.4 is 5.32 Å². The summed E-state index contributed by atoms with van der Waals surface area (Å²) in [6.07, 6.45) is 4.00. The molecule has 0 bridgehead atoms. The Hall–Kier alpha value is -1.03. The van der Waals surface area contributed by atoms with Crippen LogP contribution >= 0.6 is 15.9 Å².